The molecule has 1 aromatic heterocycles. The highest BCUT2D eigenvalue weighted by molar-refractivity contribution is 6.32. The molecule has 0 aromatic carbocycles. The van der Waals surface area contributed by atoms with Crippen molar-refractivity contribution >= 4 is 29.3 Å². The summed E-state index contributed by atoms with van der Waals surface area (Å²) in [4.78, 5) is 29.1. The number of carbonyl (C=O) groups is 2. The molecule has 2 aliphatic carbocycles. The molecule has 1 saturated heterocycles. The average Bonchev–Trinajstić information content (AvgIpc) is 3.32. The number of amides is 1. The summed E-state index contributed by atoms with van der Waals surface area (Å²) in [5, 5.41) is 8.89. The highest BCUT2D eigenvalue weighted by atomic mass is 35.5. The van der Waals surface area contributed by atoms with E-state index in [1.165, 1.54) is 42.7 Å². The van der Waals surface area contributed by atoms with Gasteiger partial charge in [0, 0.05) is 19.6 Å². The predicted molar refractivity (Wildman–Crippen MR) is 91.9 cm³/mol. The van der Waals surface area contributed by atoms with Crippen LogP contribution in [-0.4, -0.2) is 41.2 Å². The van der Waals surface area contributed by atoms with Crippen LogP contribution < -0.4 is 4.90 Å². The zero-order valence-corrected chi connectivity index (χ0v) is 14.7. The molecule has 2 heterocycles. The summed E-state index contributed by atoms with van der Waals surface area (Å²) in [5.41, 5.74) is 0.570. The second-order valence-corrected chi connectivity index (χ2v) is 7.70. The molecule has 6 nitrogen and oxygen atoms in total. The SMILES string of the molecule is O=C(O)c1ccc(N2CCC(OCCC3CCC34CC4)C2=O)nc1Cl. The topological polar surface area (TPSA) is 79.7 Å². The number of aromatic nitrogens is 1. The summed E-state index contributed by atoms with van der Waals surface area (Å²) in [6, 6.07) is 2.89. The van der Waals surface area contributed by atoms with E-state index in [-0.39, 0.29) is 16.6 Å². The third-order valence-electron chi connectivity index (χ3n) is 6.03. The second kappa shape index (κ2) is 6.25. The van der Waals surface area contributed by atoms with Gasteiger partial charge in [-0.05, 0) is 55.6 Å². The van der Waals surface area contributed by atoms with E-state index in [1.807, 2.05) is 0 Å². The number of carbonyl (C=O) groups excluding carboxylic acids is 1. The number of rotatable bonds is 6. The molecule has 2 unspecified atom stereocenters. The Balaban J connectivity index is 1.33. The van der Waals surface area contributed by atoms with E-state index in [2.05, 4.69) is 4.98 Å². The Labute approximate surface area is 151 Å². The number of anilines is 1. The Kier molecular flexibility index (Phi) is 4.20. The zero-order chi connectivity index (χ0) is 17.6. The molecule has 3 fully saturated rings. The largest absolute Gasteiger partial charge is 0.478 e. The summed E-state index contributed by atoms with van der Waals surface area (Å²) < 4.78 is 5.84. The predicted octanol–water partition coefficient (Wildman–Crippen LogP) is 3.14. The number of hydrogen-bond acceptors (Lipinski definition) is 4. The number of carboxylic acid groups (broad SMARTS) is 1. The zero-order valence-electron chi connectivity index (χ0n) is 13.9. The molecule has 2 saturated carbocycles. The first-order chi connectivity index (χ1) is 12.0. The summed E-state index contributed by atoms with van der Waals surface area (Å²) in [6.07, 6.45) is 6.63. The van der Waals surface area contributed by atoms with Gasteiger partial charge in [-0.2, -0.15) is 0 Å². The van der Waals surface area contributed by atoms with Crippen molar-refractivity contribution in [1.29, 1.82) is 0 Å². The first-order valence-corrected chi connectivity index (χ1v) is 9.21. The number of nitrogens with zero attached hydrogens (tertiary/aromatic N) is 2. The third-order valence-corrected chi connectivity index (χ3v) is 6.32. The molecular weight excluding hydrogens is 344 g/mol. The van der Waals surface area contributed by atoms with Crippen molar-refractivity contribution in [2.75, 3.05) is 18.1 Å². The number of ether oxygens (including phenoxy) is 1. The molecule has 0 bridgehead atoms. The first-order valence-electron chi connectivity index (χ1n) is 8.83. The van der Waals surface area contributed by atoms with E-state index in [1.54, 1.807) is 0 Å². The van der Waals surface area contributed by atoms with Gasteiger partial charge >= 0.3 is 5.97 Å². The number of pyridine rings is 1. The quantitative estimate of drug-likeness (QED) is 0.784. The lowest BCUT2D eigenvalue weighted by Crippen LogP contribution is -2.33. The highest BCUT2D eigenvalue weighted by Gasteiger charge is 2.54. The van der Waals surface area contributed by atoms with Gasteiger partial charge < -0.3 is 9.84 Å². The number of halogens is 1. The van der Waals surface area contributed by atoms with Crippen LogP contribution in [0.4, 0.5) is 5.82 Å². The fraction of sp³-hybridized carbons (Fsp3) is 0.611. The fourth-order valence-corrected chi connectivity index (χ4v) is 4.38. The Bertz CT molecular complexity index is 719. The highest BCUT2D eigenvalue weighted by Crippen LogP contribution is 2.65. The van der Waals surface area contributed by atoms with E-state index in [0.29, 0.717) is 30.8 Å². The van der Waals surface area contributed by atoms with Gasteiger partial charge in [-0.1, -0.05) is 11.6 Å². The molecule has 1 N–H and O–H groups in total. The molecule has 1 spiro atoms. The molecule has 7 heteroatoms. The van der Waals surface area contributed by atoms with Gasteiger partial charge in [0.25, 0.3) is 5.91 Å². The number of aromatic carboxylic acids is 1. The van der Waals surface area contributed by atoms with Gasteiger partial charge in [-0.25, -0.2) is 9.78 Å². The average molecular weight is 365 g/mol. The molecule has 134 valence electrons. The molecule has 3 aliphatic rings. The van der Waals surface area contributed by atoms with E-state index in [4.69, 9.17) is 21.4 Å². The minimum absolute atomic E-state index is 0.0700. The van der Waals surface area contributed by atoms with Gasteiger partial charge in [0.15, 0.2) is 0 Å². The fourth-order valence-electron chi connectivity index (χ4n) is 4.15. The maximum Gasteiger partial charge on any atom is 0.338 e. The normalized spacial score (nSPS) is 26.8. The molecule has 0 radical (unpaired) electrons. The Morgan fingerprint density at radius 2 is 2.16 bits per heavy atom. The van der Waals surface area contributed by atoms with Crippen molar-refractivity contribution in [1.82, 2.24) is 4.98 Å². The number of hydrogen-bond donors (Lipinski definition) is 1. The minimum atomic E-state index is -1.14. The molecule has 25 heavy (non-hydrogen) atoms. The smallest absolute Gasteiger partial charge is 0.338 e. The van der Waals surface area contributed by atoms with Crippen LogP contribution in [0.25, 0.3) is 0 Å². The van der Waals surface area contributed by atoms with Crippen molar-refractivity contribution in [3.63, 3.8) is 0 Å². The minimum Gasteiger partial charge on any atom is -0.478 e. The van der Waals surface area contributed by atoms with Crippen LogP contribution in [0.2, 0.25) is 5.15 Å². The molecular formula is C18H21ClN2O4. The van der Waals surface area contributed by atoms with Gasteiger partial charge in [0.05, 0.1) is 5.56 Å². The third kappa shape index (κ3) is 3.02. The van der Waals surface area contributed by atoms with Crippen molar-refractivity contribution < 1.29 is 19.4 Å². The van der Waals surface area contributed by atoms with Crippen LogP contribution >= 0.6 is 11.6 Å². The van der Waals surface area contributed by atoms with Crippen LogP contribution in [0, 0.1) is 11.3 Å². The summed E-state index contributed by atoms with van der Waals surface area (Å²) >= 11 is 5.90. The Hall–Kier alpha value is -1.66. The molecule has 1 amide bonds. The van der Waals surface area contributed by atoms with Gasteiger partial charge in [-0.3, -0.25) is 9.69 Å². The van der Waals surface area contributed by atoms with Gasteiger partial charge in [-0.15, -0.1) is 0 Å². The van der Waals surface area contributed by atoms with Gasteiger partial charge in [0.1, 0.15) is 17.1 Å². The van der Waals surface area contributed by atoms with Crippen molar-refractivity contribution in [2.24, 2.45) is 11.3 Å². The lowest BCUT2D eigenvalue weighted by molar-refractivity contribution is -0.127. The Morgan fingerprint density at radius 3 is 2.76 bits per heavy atom. The monoisotopic (exact) mass is 364 g/mol. The van der Waals surface area contributed by atoms with Crippen molar-refractivity contribution in [2.45, 2.75) is 44.6 Å². The summed E-state index contributed by atoms with van der Waals surface area (Å²) in [6.45, 7) is 1.13. The lowest BCUT2D eigenvalue weighted by atomic mass is 9.69. The molecule has 2 atom stereocenters. The van der Waals surface area contributed by atoms with Crippen LogP contribution in [0.15, 0.2) is 12.1 Å². The van der Waals surface area contributed by atoms with E-state index < -0.39 is 12.1 Å². The van der Waals surface area contributed by atoms with Crippen LogP contribution in [0.1, 0.15) is 48.9 Å². The van der Waals surface area contributed by atoms with Crippen molar-refractivity contribution in [3.8, 4) is 0 Å². The maximum atomic E-state index is 12.5. The van der Waals surface area contributed by atoms with Crippen LogP contribution in [0.5, 0.6) is 0 Å². The summed E-state index contributed by atoms with van der Waals surface area (Å²) in [7, 11) is 0. The number of carboxylic acids is 1. The molecule has 4 rings (SSSR count). The van der Waals surface area contributed by atoms with Gasteiger partial charge in [0.2, 0.25) is 0 Å². The van der Waals surface area contributed by atoms with E-state index >= 15 is 0 Å². The van der Waals surface area contributed by atoms with E-state index in [9.17, 15) is 9.59 Å². The van der Waals surface area contributed by atoms with E-state index in [0.717, 1.165) is 12.3 Å². The molecule has 1 aromatic rings. The van der Waals surface area contributed by atoms with Crippen LogP contribution in [0.3, 0.4) is 0 Å². The first kappa shape index (κ1) is 16.8. The standard InChI is InChI=1S/C18H21ClN2O4/c19-15-12(17(23)24)1-2-14(20-15)21-9-4-13(16(21)22)25-10-5-11-3-6-18(11)7-8-18/h1-2,11,13H,3-10H2,(H,23,24). The second-order valence-electron chi connectivity index (χ2n) is 7.34. The molecule has 1 aliphatic heterocycles. The lowest BCUT2D eigenvalue weighted by Gasteiger charge is -2.37. The van der Waals surface area contributed by atoms with Crippen LogP contribution in [-0.2, 0) is 9.53 Å². The summed E-state index contributed by atoms with van der Waals surface area (Å²) in [5.74, 6) is -0.102. The Morgan fingerprint density at radius 1 is 1.36 bits per heavy atom. The van der Waals surface area contributed by atoms with Crippen molar-refractivity contribution in [3.05, 3.63) is 22.8 Å². The maximum absolute atomic E-state index is 12.5.